The predicted octanol–water partition coefficient (Wildman–Crippen LogP) is 2.57. The van der Waals surface area contributed by atoms with E-state index < -0.39 is 0 Å². The first kappa shape index (κ1) is 16.4. The Hall–Kier alpha value is -1.98. The van der Waals surface area contributed by atoms with Crippen LogP contribution in [-0.4, -0.2) is 28.6 Å². The first-order valence-corrected chi connectivity index (χ1v) is 8.01. The van der Waals surface area contributed by atoms with Crippen LogP contribution in [0.25, 0.3) is 6.08 Å². The molecule has 1 heterocycles. The maximum Gasteiger partial charge on any atom is 0.247 e. The molecule has 1 aromatic heterocycles. The van der Waals surface area contributed by atoms with Gasteiger partial charge < -0.3 is 10.4 Å². The van der Waals surface area contributed by atoms with Crippen molar-refractivity contribution in [3.05, 3.63) is 57.6 Å². The van der Waals surface area contributed by atoms with E-state index >= 15 is 0 Å². The van der Waals surface area contributed by atoms with Crippen LogP contribution < -0.4 is 5.32 Å². The highest BCUT2D eigenvalue weighted by molar-refractivity contribution is 7.09. The molecule has 0 spiro atoms. The molecular formula is C17H20N2O2S. The van der Waals surface area contributed by atoms with Gasteiger partial charge in [-0.1, -0.05) is 29.8 Å². The van der Waals surface area contributed by atoms with E-state index in [1.807, 2.05) is 42.6 Å². The van der Waals surface area contributed by atoms with Gasteiger partial charge >= 0.3 is 0 Å². The molecule has 0 aliphatic carbocycles. The number of aliphatic hydroxyl groups is 1. The molecule has 22 heavy (non-hydrogen) atoms. The first-order valence-electron chi connectivity index (χ1n) is 7.13. The Bertz CT molecular complexity index is 633. The van der Waals surface area contributed by atoms with E-state index in [2.05, 4.69) is 10.3 Å². The molecule has 0 radical (unpaired) electrons. The molecule has 0 bridgehead atoms. The summed E-state index contributed by atoms with van der Waals surface area (Å²) in [6, 6.07) is 7.66. The van der Waals surface area contributed by atoms with Crippen molar-refractivity contribution in [1.82, 2.24) is 10.3 Å². The van der Waals surface area contributed by atoms with Crippen LogP contribution in [0.4, 0.5) is 0 Å². The number of carbonyl (C=O) groups excluding carboxylic acids is 1. The minimum absolute atomic E-state index is 0.108. The van der Waals surface area contributed by atoms with Crippen LogP contribution in [0.1, 0.15) is 23.1 Å². The summed E-state index contributed by atoms with van der Waals surface area (Å²) in [5.41, 5.74) is 2.78. The summed E-state index contributed by atoms with van der Waals surface area (Å²) in [4.78, 5) is 16.4. The summed E-state index contributed by atoms with van der Waals surface area (Å²) in [6.07, 6.45) is 4.10. The molecule has 0 saturated heterocycles. The molecule has 2 aromatic rings. The van der Waals surface area contributed by atoms with Gasteiger partial charge in [-0.05, 0) is 25.5 Å². The highest BCUT2D eigenvalue weighted by Crippen LogP contribution is 2.10. The Morgan fingerprint density at radius 2 is 2.14 bits per heavy atom. The number of nitrogens with zero attached hydrogens (tertiary/aromatic N) is 1. The molecule has 0 aliphatic heterocycles. The largest absolute Gasteiger partial charge is 0.394 e. The molecule has 1 amide bonds. The minimum atomic E-state index is -0.319. The van der Waals surface area contributed by atoms with Crippen molar-refractivity contribution in [2.24, 2.45) is 0 Å². The lowest BCUT2D eigenvalue weighted by molar-refractivity contribution is -0.118. The molecule has 1 aromatic carbocycles. The Balaban J connectivity index is 1.98. The molecule has 0 saturated carbocycles. The van der Waals surface area contributed by atoms with Crippen molar-refractivity contribution in [3.63, 3.8) is 0 Å². The van der Waals surface area contributed by atoms with Gasteiger partial charge in [0.15, 0.2) is 0 Å². The van der Waals surface area contributed by atoms with E-state index in [9.17, 15) is 9.90 Å². The second-order valence-corrected chi connectivity index (χ2v) is 6.20. The topological polar surface area (TPSA) is 62.2 Å². The third-order valence-electron chi connectivity index (χ3n) is 3.28. The van der Waals surface area contributed by atoms with Crippen LogP contribution in [-0.2, 0) is 11.2 Å². The number of benzene rings is 1. The number of thiazole rings is 1. The molecule has 1 unspecified atom stereocenters. The third kappa shape index (κ3) is 4.79. The van der Waals surface area contributed by atoms with Crippen LogP contribution in [0.15, 0.2) is 41.4 Å². The molecule has 4 nitrogen and oxygen atoms in total. The van der Waals surface area contributed by atoms with Gasteiger partial charge in [0.25, 0.3) is 0 Å². The summed E-state index contributed by atoms with van der Waals surface area (Å²) in [5, 5.41) is 15.0. The fourth-order valence-electron chi connectivity index (χ4n) is 2.00. The van der Waals surface area contributed by atoms with Gasteiger partial charge in [0.2, 0.25) is 5.91 Å². The van der Waals surface area contributed by atoms with Gasteiger partial charge in [-0.2, -0.15) is 0 Å². The fourth-order valence-corrected chi connectivity index (χ4v) is 2.70. The third-order valence-corrected chi connectivity index (χ3v) is 4.08. The number of hydrogen-bond acceptors (Lipinski definition) is 4. The highest BCUT2D eigenvalue weighted by atomic mass is 32.1. The smallest absolute Gasteiger partial charge is 0.247 e. The number of amides is 1. The van der Waals surface area contributed by atoms with E-state index in [1.54, 1.807) is 13.1 Å². The summed E-state index contributed by atoms with van der Waals surface area (Å²) in [5.74, 6) is -0.170. The summed E-state index contributed by atoms with van der Waals surface area (Å²) >= 11 is 1.52. The number of rotatable bonds is 6. The standard InChI is InChI=1S/C17H20N2O2S/c1-12-3-5-14(6-4-12)9-13(2)17(21)19-15(11-20)10-16-18-7-8-22-16/h3-9,15,20H,10-11H2,1-2H3,(H,19,21)/b13-9-. The molecular weight excluding hydrogens is 296 g/mol. The zero-order chi connectivity index (χ0) is 15.9. The molecule has 0 aliphatic rings. The van der Waals surface area contributed by atoms with Gasteiger partial charge in [-0.15, -0.1) is 11.3 Å². The van der Waals surface area contributed by atoms with Gasteiger partial charge in [0.1, 0.15) is 0 Å². The SMILES string of the molecule is C/C(=C/c1ccc(C)cc1)C(=O)NC(CO)Cc1nccs1. The molecule has 2 rings (SSSR count). The van der Waals surface area contributed by atoms with Crippen molar-refractivity contribution in [2.75, 3.05) is 6.61 Å². The molecule has 116 valence electrons. The normalized spacial score (nSPS) is 13.0. The first-order chi connectivity index (χ1) is 10.6. The quantitative estimate of drug-likeness (QED) is 0.805. The monoisotopic (exact) mass is 316 g/mol. The molecule has 5 heteroatoms. The highest BCUT2D eigenvalue weighted by Gasteiger charge is 2.14. The number of aliphatic hydroxyl groups excluding tert-OH is 1. The van der Waals surface area contributed by atoms with E-state index in [-0.39, 0.29) is 18.6 Å². The number of aromatic nitrogens is 1. The van der Waals surface area contributed by atoms with Gasteiger partial charge in [-0.3, -0.25) is 4.79 Å². The second-order valence-electron chi connectivity index (χ2n) is 5.22. The van der Waals surface area contributed by atoms with Crippen molar-refractivity contribution < 1.29 is 9.90 Å². The Morgan fingerprint density at radius 3 is 2.73 bits per heavy atom. The van der Waals surface area contributed by atoms with Crippen molar-refractivity contribution in [2.45, 2.75) is 26.3 Å². The Kier molecular flexibility index (Phi) is 5.86. The fraction of sp³-hybridized carbons (Fsp3) is 0.294. The summed E-state index contributed by atoms with van der Waals surface area (Å²) < 4.78 is 0. The number of aryl methyl sites for hydroxylation is 1. The van der Waals surface area contributed by atoms with Crippen LogP contribution in [0, 0.1) is 6.92 Å². The van der Waals surface area contributed by atoms with Crippen LogP contribution in [0.2, 0.25) is 0 Å². The van der Waals surface area contributed by atoms with Crippen LogP contribution >= 0.6 is 11.3 Å². The zero-order valence-electron chi connectivity index (χ0n) is 12.7. The second kappa shape index (κ2) is 7.87. The average molecular weight is 316 g/mol. The van der Waals surface area contributed by atoms with Crippen LogP contribution in [0.5, 0.6) is 0 Å². The van der Waals surface area contributed by atoms with Gasteiger partial charge in [0.05, 0.1) is 17.7 Å². The molecule has 2 N–H and O–H groups in total. The Labute approximate surface area is 134 Å². The van der Waals surface area contributed by atoms with E-state index in [0.717, 1.165) is 10.6 Å². The van der Waals surface area contributed by atoms with Crippen molar-refractivity contribution >= 4 is 23.3 Å². The Morgan fingerprint density at radius 1 is 1.41 bits per heavy atom. The van der Waals surface area contributed by atoms with E-state index in [0.29, 0.717) is 12.0 Å². The van der Waals surface area contributed by atoms with Crippen molar-refractivity contribution in [3.8, 4) is 0 Å². The molecule has 0 fully saturated rings. The maximum absolute atomic E-state index is 12.2. The number of hydrogen-bond donors (Lipinski definition) is 2. The lowest BCUT2D eigenvalue weighted by atomic mass is 10.1. The number of carbonyl (C=O) groups is 1. The van der Waals surface area contributed by atoms with Gasteiger partial charge in [0, 0.05) is 23.6 Å². The molecule has 1 atom stereocenters. The number of nitrogens with one attached hydrogen (secondary N) is 1. The zero-order valence-corrected chi connectivity index (χ0v) is 13.6. The lowest BCUT2D eigenvalue weighted by Gasteiger charge is -2.15. The summed E-state index contributed by atoms with van der Waals surface area (Å²) in [6.45, 7) is 3.69. The van der Waals surface area contributed by atoms with Crippen LogP contribution in [0.3, 0.4) is 0 Å². The van der Waals surface area contributed by atoms with E-state index in [1.165, 1.54) is 16.9 Å². The summed E-state index contributed by atoms with van der Waals surface area (Å²) in [7, 11) is 0. The maximum atomic E-state index is 12.2. The van der Waals surface area contributed by atoms with Gasteiger partial charge in [-0.25, -0.2) is 4.98 Å². The average Bonchev–Trinajstić information content (AvgIpc) is 3.01. The lowest BCUT2D eigenvalue weighted by Crippen LogP contribution is -2.39. The predicted molar refractivity (Wildman–Crippen MR) is 89.7 cm³/mol. The van der Waals surface area contributed by atoms with E-state index in [4.69, 9.17) is 0 Å². The van der Waals surface area contributed by atoms with Crippen molar-refractivity contribution in [1.29, 1.82) is 0 Å². The minimum Gasteiger partial charge on any atom is -0.394 e.